The molecule has 0 spiro atoms. The predicted molar refractivity (Wildman–Crippen MR) is 78.0 cm³/mol. The van der Waals surface area contributed by atoms with Gasteiger partial charge in [-0.25, -0.2) is 0 Å². The highest BCUT2D eigenvalue weighted by Crippen LogP contribution is 2.25. The Morgan fingerprint density at radius 1 is 1.45 bits per heavy atom. The number of nitrogen functional groups attached to an aromatic ring is 1. The minimum absolute atomic E-state index is 0.209. The van der Waals surface area contributed by atoms with E-state index < -0.39 is 0 Å². The lowest BCUT2D eigenvalue weighted by Crippen LogP contribution is -2.17. The SMILES string of the molecule is CCn1nc(C)cc1C(=O)Nc1ccc(N)c(OC)c1. The monoisotopic (exact) mass is 274 g/mol. The number of methoxy groups -OCH3 is 1. The van der Waals surface area contributed by atoms with Gasteiger partial charge in [0.15, 0.2) is 0 Å². The molecule has 0 saturated heterocycles. The number of aryl methyl sites for hydroxylation is 2. The van der Waals surface area contributed by atoms with E-state index >= 15 is 0 Å². The minimum Gasteiger partial charge on any atom is -0.495 e. The van der Waals surface area contributed by atoms with Crippen LogP contribution in [-0.4, -0.2) is 22.8 Å². The van der Waals surface area contributed by atoms with Crippen molar-refractivity contribution in [1.82, 2.24) is 9.78 Å². The number of aromatic nitrogens is 2. The zero-order valence-corrected chi connectivity index (χ0v) is 11.8. The fourth-order valence-electron chi connectivity index (χ4n) is 1.95. The number of carbonyl (C=O) groups is 1. The summed E-state index contributed by atoms with van der Waals surface area (Å²) < 4.78 is 6.79. The van der Waals surface area contributed by atoms with Gasteiger partial charge in [-0.15, -0.1) is 0 Å². The number of benzene rings is 1. The normalized spacial score (nSPS) is 10.3. The van der Waals surface area contributed by atoms with Crippen LogP contribution in [0.2, 0.25) is 0 Å². The second kappa shape index (κ2) is 5.64. The van der Waals surface area contributed by atoms with Crippen LogP contribution in [0.1, 0.15) is 23.1 Å². The van der Waals surface area contributed by atoms with Crippen molar-refractivity contribution in [3.05, 3.63) is 35.7 Å². The zero-order valence-electron chi connectivity index (χ0n) is 11.8. The molecule has 1 aromatic carbocycles. The van der Waals surface area contributed by atoms with Gasteiger partial charge in [-0.1, -0.05) is 0 Å². The molecule has 0 atom stereocenters. The average Bonchev–Trinajstić information content (AvgIpc) is 2.82. The highest BCUT2D eigenvalue weighted by atomic mass is 16.5. The molecule has 6 nitrogen and oxygen atoms in total. The number of nitrogens with zero attached hydrogens (tertiary/aromatic N) is 2. The van der Waals surface area contributed by atoms with Crippen LogP contribution in [0.4, 0.5) is 11.4 Å². The van der Waals surface area contributed by atoms with E-state index in [-0.39, 0.29) is 5.91 Å². The number of ether oxygens (including phenoxy) is 1. The first-order valence-corrected chi connectivity index (χ1v) is 6.34. The second-order valence-electron chi connectivity index (χ2n) is 4.40. The predicted octanol–water partition coefficient (Wildman–Crippen LogP) is 2.05. The van der Waals surface area contributed by atoms with Gasteiger partial charge in [0.2, 0.25) is 0 Å². The Morgan fingerprint density at radius 3 is 2.85 bits per heavy atom. The topological polar surface area (TPSA) is 82.2 Å². The van der Waals surface area contributed by atoms with Gasteiger partial charge in [0.1, 0.15) is 11.4 Å². The molecule has 0 saturated carbocycles. The maximum atomic E-state index is 12.2. The molecule has 0 unspecified atom stereocenters. The van der Waals surface area contributed by atoms with Gasteiger partial charge in [-0.3, -0.25) is 9.48 Å². The lowest BCUT2D eigenvalue weighted by Gasteiger charge is -2.09. The molecule has 1 aromatic heterocycles. The van der Waals surface area contributed by atoms with Crippen LogP contribution in [0, 0.1) is 6.92 Å². The number of nitrogens with two attached hydrogens (primary N) is 1. The molecule has 0 radical (unpaired) electrons. The smallest absolute Gasteiger partial charge is 0.273 e. The van der Waals surface area contributed by atoms with Crippen molar-refractivity contribution in [2.75, 3.05) is 18.2 Å². The molecule has 2 aromatic rings. The fraction of sp³-hybridized carbons (Fsp3) is 0.286. The van der Waals surface area contributed by atoms with Gasteiger partial charge < -0.3 is 15.8 Å². The summed E-state index contributed by atoms with van der Waals surface area (Å²) in [6, 6.07) is 6.87. The number of hydrogen-bond acceptors (Lipinski definition) is 4. The number of nitrogens with one attached hydrogen (secondary N) is 1. The van der Waals surface area contributed by atoms with Crippen molar-refractivity contribution in [3.8, 4) is 5.75 Å². The van der Waals surface area contributed by atoms with Gasteiger partial charge in [-0.05, 0) is 32.0 Å². The van der Waals surface area contributed by atoms with Gasteiger partial charge in [0, 0.05) is 18.3 Å². The lowest BCUT2D eigenvalue weighted by atomic mass is 10.2. The Bertz CT molecular complexity index is 634. The third-order valence-corrected chi connectivity index (χ3v) is 2.93. The van der Waals surface area contributed by atoms with Gasteiger partial charge in [0.25, 0.3) is 5.91 Å². The van der Waals surface area contributed by atoms with Crippen LogP contribution in [0.25, 0.3) is 0 Å². The summed E-state index contributed by atoms with van der Waals surface area (Å²) in [5.74, 6) is 0.322. The van der Waals surface area contributed by atoms with Gasteiger partial charge in [-0.2, -0.15) is 5.10 Å². The van der Waals surface area contributed by atoms with Crippen molar-refractivity contribution >= 4 is 17.3 Å². The molecule has 1 amide bonds. The largest absolute Gasteiger partial charge is 0.495 e. The van der Waals surface area contributed by atoms with Gasteiger partial charge >= 0.3 is 0 Å². The molecule has 106 valence electrons. The maximum absolute atomic E-state index is 12.2. The molecule has 6 heteroatoms. The van der Waals surface area contributed by atoms with E-state index in [9.17, 15) is 4.79 Å². The number of carbonyl (C=O) groups excluding carboxylic acids is 1. The van der Waals surface area contributed by atoms with Crippen LogP contribution in [0.3, 0.4) is 0 Å². The van der Waals surface area contributed by atoms with E-state index in [1.807, 2.05) is 13.8 Å². The Kier molecular flexibility index (Phi) is 3.93. The summed E-state index contributed by atoms with van der Waals surface area (Å²) in [7, 11) is 1.53. The summed E-state index contributed by atoms with van der Waals surface area (Å²) in [6.07, 6.45) is 0. The Hall–Kier alpha value is -2.50. The van der Waals surface area contributed by atoms with E-state index in [1.54, 1.807) is 28.9 Å². The highest BCUT2D eigenvalue weighted by molar-refractivity contribution is 6.03. The molecule has 0 bridgehead atoms. The molecule has 3 N–H and O–H groups in total. The van der Waals surface area contributed by atoms with Crippen molar-refractivity contribution in [1.29, 1.82) is 0 Å². The van der Waals surface area contributed by atoms with Gasteiger partial charge in [0.05, 0.1) is 18.5 Å². The molecular weight excluding hydrogens is 256 g/mol. The van der Waals surface area contributed by atoms with E-state index in [1.165, 1.54) is 7.11 Å². The number of anilines is 2. The van der Waals surface area contributed by atoms with Crippen LogP contribution in [0.5, 0.6) is 5.75 Å². The quantitative estimate of drug-likeness (QED) is 0.836. The van der Waals surface area contributed by atoms with E-state index in [0.717, 1.165) is 5.69 Å². The zero-order chi connectivity index (χ0) is 14.7. The van der Waals surface area contributed by atoms with Crippen molar-refractivity contribution in [2.24, 2.45) is 0 Å². The van der Waals surface area contributed by atoms with Crippen molar-refractivity contribution in [2.45, 2.75) is 20.4 Å². The van der Waals surface area contributed by atoms with Crippen molar-refractivity contribution < 1.29 is 9.53 Å². The third-order valence-electron chi connectivity index (χ3n) is 2.93. The summed E-state index contributed by atoms with van der Waals surface area (Å²) in [6.45, 7) is 4.44. The second-order valence-corrected chi connectivity index (χ2v) is 4.40. The molecule has 20 heavy (non-hydrogen) atoms. The van der Waals surface area contributed by atoms with Crippen LogP contribution in [0.15, 0.2) is 24.3 Å². The summed E-state index contributed by atoms with van der Waals surface area (Å²) in [5, 5.41) is 7.06. The Balaban J connectivity index is 2.23. The Labute approximate surface area is 117 Å². The molecule has 0 aliphatic rings. The third kappa shape index (κ3) is 2.74. The standard InChI is InChI=1S/C14H18N4O2/c1-4-18-12(7-9(2)17-18)14(19)16-10-5-6-11(15)13(8-10)20-3/h5-8H,4,15H2,1-3H3,(H,16,19). The van der Waals surface area contributed by atoms with E-state index in [4.69, 9.17) is 10.5 Å². The van der Waals surface area contributed by atoms with Crippen LogP contribution in [-0.2, 0) is 6.54 Å². The van der Waals surface area contributed by atoms with E-state index in [2.05, 4.69) is 10.4 Å². The van der Waals surface area contributed by atoms with Crippen LogP contribution >= 0.6 is 0 Å². The number of amides is 1. The van der Waals surface area contributed by atoms with Crippen LogP contribution < -0.4 is 15.8 Å². The first-order chi connectivity index (χ1) is 9.55. The molecular formula is C14H18N4O2. The summed E-state index contributed by atoms with van der Waals surface area (Å²) >= 11 is 0. The number of rotatable bonds is 4. The first-order valence-electron chi connectivity index (χ1n) is 6.34. The Morgan fingerprint density at radius 2 is 2.20 bits per heavy atom. The average molecular weight is 274 g/mol. The molecule has 0 aliphatic carbocycles. The van der Waals surface area contributed by atoms with E-state index in [0.29, 0.717) is 29.4 Å². The summed E-state index contributed by atoms with van der Waals surface area (Å²) in [5.41, 5.74) is 8.23. The molecule has 0 fully saturated rings. The fourth-order valence-corrected chi connectivity index (χ4v) is 1.95. The lowest BCUT2D eigenvalue weighted by molar-refractivity contribution is 0.101. The highest BCUT2D eigenvalue weighted by Gasteiger charge is 2.13. The maximum Gasteiger partial charge on any atom is 0.273 e. The number of hydrogen-bond donors (Lipinski definition) is 2. The summed E-state index contributed by atoms with van der Waals surface area (Å²) in [4.78, 5) is 12.2. The molecule has 0 aliphatic heterocycles. The minimum atomic E-state index is -0.209. The van der Waals surface area contributed by atoms with Crippen molar-refractivity contribution in [3.63, 3.8) is 0 Å². The molecule has 2 rings (SSSR count). The first kappa shape index (κ1) is 13.9. The molecule has 1 heterocycles.